The fourth-order valence-electron chi connectivity index (χ4n) is 5.51. The van der Waals surface area contributed by atoms with Crippen LogP contribution in [0.25, 0.3) is 10.9 Å². The molecule has 1 atom stereocenters. The van der Waals surface area contributed by atoms with Gasteiger partial charge in [0.1, 0.15) is 5.75 Å². The molecule has 2 spiro atoms. The van der Waals surface area contributed by atoms with Crippen LogP contribution in [0.3, 0.4) is 0 Å². The molecule has 1 aromatic carbocycles. The van der Waals surface area contributed by atoms with Gasteiger partial charge >= 0.3 is 21.6 Å². The van der Waals surface area contributed by atoms with E-state index in [1.807, 2.05) is 19.1 Å². The molecule has 14 nitrogen and oxygen atoms in total. The predicted molar refractivity (Wildman–Crippen MR) is 114 cm³/mol. The van der Waals surface area contributed by atoms with Crippen LogP contribution in [0.4, 0.5) is 5.69 Å². The number of anilines is 1. The van der Waals surface area contributed by atoms with Gasteiger partial charge < -0.3 is 14.5 Å². The van der Waals surface area contributed by atoms with E-state index in [2.05, 4.69) is 9.88 Å². The Morgan fingerprint density at radius 1 is 1.14 bits per heavy atom. The zero-order chi connectivity index (χ0) is 23.8. The summed E-state index contributed by atoms with van der Waals surface area (Å²) in [6.07, 6.45) is -1.27. The molecule has 0 amide bonds. The number of pyridine rings is 1. The predicted octanol–water partition coefficient (Wildman–Crippen LogP) is 2.26. The molecular formula is C19H19N3O11P2. The molecule has 0 aliphatic carbocycles. The van der Waals surface area contributed by atoms with E-state index in [1.165, 1.54) is 0 Å². The zero-order valence-electron chi connectivity index (χ0n) is 18.3. The molecule has 186 valence electrons. The summed E-state index contributed by atoms with van der Waals surface area (Å²) in [5.74, 6) is -3.46. The van der Waals surface area contributed by atoms with Crippen molar-refractivity contribution in [2.45, 2.75) is 31.3 Å². The highest BCUT2D eigenvalue weighted by Gasteiger charge is 2.94. The van der Waals surface area contributed by atoms with Crippen molar-refractivity contribution in [3.63, 3.8) is 0 Å². The van der Waals surface area contributed by atoms with Gasteiger partial charge in [-0.2, -0.15) is 9.69 Å². The number of morpholine rings is 1. The SMILES string of the molecule is CCOc1cc(CN2CCOCC2)cc2[nH]c(=O)c3c(c12)N1OP2(=O)OC1(O2)C12OP(=O)(OC31)O2. The van der Waals surface area contributed by atoms with Gasteiger partial charge in [-0.1, -0.05) is 0 Å². The van der Waals surface area contributed by atoms with Crippen molar-refractivity contribution >= 4 is 32.2 Å². The van der Waals surface area contributed by atoms with Crippen molar-refractivity contribution in [3.8, 4) is 5.75 Å². The molecule has 16 heteroatoms. The maximum Gasteiger partial charge on any atom is 0.505 e. The quantitative estimate of drug-likeness (QED) is 0.580. The second-order valence-electron chi connectivity index (χ2n) is 8.92. The fraction of sp³-hybridized carbons (Fsp3) is 0.526. The average Bonchev–Trinajstić information content (AvgIpc) is 3.45. The summed E-state index contributed by atoms with van der Waals surface area (Å²) in [4.78, 5) is 18.5. The number of ether oxygens (including phenoxy) is 2. The van der Waals surface area contributed by atoms with Crippen LogP contribution in [0, 0.1) is 0 Å². The summed E-state index contributed by atoms with van der Waals surface area (Å²) in [5.41, 5.74) is 1.02. The van der Waals surface area contributed by atoms with E-state index in [0.29, 0.717) is 43.0 Å². The van der Waals surface area contributed by atoms with Crippen molar-refractivity contribution in [3.05, 3.63) is 33.6 Å². The smallest absolute Gasteiger partial charge is 0.493 e. The number of nitrogens with one attached hydrogen (secondary N) is 1. The van der Waals surface area contributed by atoms with Gasteiger partial charge in [0.2, 0.25) is 0 Å². The number of aromatic nitrogens is 1. The summed E-state index contributed by atoms with van der Waals surface area (Å²) in [7, 11) is -7.89. The van der Waals surface area contributed by atoms with Crippen LogP contribution in [0.15, 0.2) is 16.9 Å². The molecular weight excluding hydrogens is 508 g/mol. The van der Waals surface area contributed by atoms with Crippen LogP contribution in [-0.2, 0) is 47.7 Å². The molecule has 1 N–H and O–H groups in total. The summed E-state index contributed by atoms with van der Waals surface area (Å²) in [6, 6.07) is 3.73. The monoisotopic (exact) mass is 527 g/mol. The number of phosphoric acid groups is 2. The highest BCUT2D eigenvalue weighted by Crippen LogP contribution is 2.90. The van der Waals surface area contributed by atoms with Gasteiger partial charge in [-0.3, -0.25) is 14.2 Å². The molecule has 9 heterocycles. The van der Waals surface area contributed by atoms with Gasteiger partial charge in [0.05, 0.1) is 42.0 Å². The Morgan fingerprint density at radius 3 is 2.66 bits per heavy atom. The van der Waals surface area contributed by atoms with Gasteiger partial charge in [0.15, 0.2) is 6.10 Å². The molecule has 7 fully saturated rings. The zero-order valence-corrected chi connectivity index (χ0v) is 20.0. The fourth-order valence-corrected chi connectivity index (χ4v) is 8.67. The van der Waals surface area contributed by atoms with Crippen molar-refractivity contribution in [1.29, 1.82) is 0 Å². The second-order valence-corrected chi connectivity index (χ2v) is 11.8. The summed E-state index contributed by atoms with van der Waals surface area (Å²) in [5, 5.41) is 1.53. The number of fused-ring (bicyclic) bond motifs is 3. The van der Waals surface area contributed by atoms with Crippen LogP contribution in [0.1, 0.15) is 24.2 Å². The topological polar surface area (TPSA) is 147 Å². The first-order valence-electron chi connectivity index (χ1n) is 11.2. The number of aromatic amines is 1. The third-order valence-corrected chi connectivity index (χ3v) is 9.62. The van der Waals surface area contributed by atoms with Crippen LogP contribution >= 0.6 is 15.6 Å². The number of rotatable bonds is 4. The van der Waals surface area contributed by atoms with Gasteiger partial charge in [0.25, 0.3) is 11.3 Å². The van der Waals surface area contributed by atoms with Gasteiger partial charge in [-0.15, -0.1) is 0 Å². The van der Waals surface area contributed by atoms with Gasteiger partial charge in [0, 0.05) is 19.6 Å². The Labute approximate surface area is 197 Å². The lowest BCUT2D eigenvalue weighted by atomic mass is 9.90. The van der Waals surface area contributed by atoms with E-state index in [-0.39, 0.29) is 11.3 Å². The van der Waals surface area contributed by atoms with Crippen molar-refractivity contribution in [2.24, 2.45) is 0 Å². The first kappa shape index (κ1) is 21.3. The minimum absolute atomic E-state index is 0.0211. The van der Waals surface area contributed by atoms with Crippen molar-refractivity contribution in [2.75, 3.05) is 38.0 Å². The number of hydroxylamine groups is 1. The molecule has 8 aliphatic rings. The molecule has 1 aromatic heterocycles. The molecule has 1 unspecified atom stereocenters. The molecule has 35 heavy (non-hydrogen) atoms. The maximum atomic E-state index is 13.4. The van der Waals surface area contributed by atoms with E-state index in [1.54, 1.807) is 0 Å². The second kappa shape index (κ2) is 6.53. The first-order valence-corrected chi connectivity index (χ1v) is 14.1. The molecule has 8 aliphatic heterocycles. The standard InChI is InChI=1S/C19H19N3O11P2/c1-2-27-12-8-10(9-21-3-5-26-6-4-21)7-11-13(12)15-14(17(23)20-11)16-18(29-34(24,28-16)30-18)19-22(15)33-35(25,31-19)32-19/h7-8,16H,2-6,9H2,1H3,(H,20,23). The maximum absolute atomic E-state index is 13.4. The third kappa shape index (κ3) is 2.50. The van der Waals surface area contributed by atoms with Crippen molar-refractivity contribution in [1.82, 2.24) is 9.88 Å². The first-order chi connectivity index (χ1) is 16.8. The van der Waals surface area contributed by atoms with E-state index < -0.39 is 39.0 Å². The highest BCUT2D eigenvalue weighted by molar-refractivity contribution is 7.51. The molecule has 0 saturated carbocycles. The van der Waals surface area contributed by atoms with E-state index in [9.17, 15) is 13.9 Å². The lowest BCUT2D eigenvalue weighted by Gasteiger charge is -2.52. The lowest BCUT2D eigenvalue weighted by Crippen LogP contribution is -2.72. The molecule has 10 rings (SSSR count). The van der Waals surface area contributed by atoms with Crippen LogP contribution < -0.4 is 15.4 Å². The third-order valence-electron chi connectivity index (χ3n) is 6.86. The number of benzene rings is 1. The Hall–Kier alpha value is -1.83. The summed E-state index contributed by atoms with van der Waals surface area (Å²) >= 11 is 0. The number of H-pyrrole nitrogens is 1. The number of phosphoric ester groups is 2. The van der Waals surface area contributed by atoms with Crippen LogP contribution in [0.5, 0.6) is 5.75 Å². The van der Waals surface area contributed by atoms with Gasteiger partial charge in [-0.25, -0.2) is 27.2 Å². The van der Waals surface area contributed by atoms with Crippen molar-refractivity contribution < 1.29 is 45.8 Å². The van der Waals surface area contributed by atoms with Crippen LogP contribution in [-0.4, -0.2) is 54.5 Å². The molecule has 2 aromatic rings. The molecule has 4 bridgehead atoms. The summed E-state index contributed by atoms with van der Waals surface area (Å²) < 4.78 is 69.7. The van der Waals surface area contributed by atoms with E-state index in [0.717, 1.165) is 23.7 Å². The lowest BCUT2D eigenvalue weighted by molar-refractivity contribution is -0.369. The number of nitrogens with zero attached hydrogens (tertiary/aromatic N) is 2. The largest absolute Gasteiger partial charge is 0.505 e. The van der Waals surface area contributed by atoms with E-state index in [4.69, 9.17) is 36.7 Å². The normalized spacial score (nSPS) is 40.6. The Bertz CT molecular complexity index is 1450. The van der Waals surface area contributed by atoms with E-state index >= 15 is 0 Å². The minimum atomic E-state index is -3.97. The van der Waals surface area contributed by atoms with Crippen LogP contribution in [0.2, 0.25) is 0 Å². The summed E-state index contributed by atoms with van der Waals surface area (Å²) in [6.45, 7) is 5.70. The number of hydrogen-bond acceptors (Lipinski definition) is 13. The highest BCUT2D eigenvalue weighted by atomic mass is 31.2. The Kier molecular flexibility index (Phi) is 3.97. The molecule has 7 saturated heterocycles. The number of hydrogen-bond donors (Lipinski definition) is 1. The Morgan fingerprint density at radius 2 is 1.91 bits per heavy atom. The van der Waals surface area contributed by atoms with Gasteiger partial charge in [-0.05, 0) is 24.6 Å². The average molecular weight is 527 g/mol. The molecule has 0 radical (unpaired) electrons. The Balaban J connectivity index is 1.36. The minimum Gasteiger partial charge on any atom is -0.493 e.